The topological polar surface area (TPSA) is 127 Å². The molecule has 0 unspecified atom stereocenters. The van der Waals surface area contributed by atoms with Crippen molar-refractivity contribution in [2.45, 2.75) is 25.7 Å². The number of benzene rings is 1. The number of aromatic nitrogens is 2. The number of hydrogen-bond acceptors (Lipinski definition) is 8. The van der Waals surface area contributed by atoms with Crippen LogP contribution in [-0.2, 0) is 27.7 Å². The quantitative estimate of drug-likeness (QED) is 0.238. The van der Waals surface area contributed by atoms with Crippen molar-refractivity contribution in [2.75, 3.05) is 12.9 Å². The van der Waals surface area contributed by atoms with Gasteiger partial charge >= 0.3 is 0 Å². The SMILES string of the molecule is CONS(=O)(=O)CCCCc1nonc1/C(Cc1ccc(F)c(Br)c1)=N/O. The highest BCUT2D eigenvalue weighted by atomic mass is 79.9. The van der Waals surface area contributed by atoms with E-state index in [4.69, 9.17) is 4.63 Å². The Morgan fingerprint density at radius 2 is 2.19 bits per heavy atom. The van der Waals surface area contributed by atoms with Gasteiger partial charge in [0.2, 0.25) is 10.0 Å². The molecule has 0 aliphatic rings. The lowest BCUT2D eigenvalue weighted by molar-refractivity contribution is 0.153. The molecule has 2 rings (SSSR count). The summed E-state index contributed by atoms with van der Waals surface area (Å²) < 4.78 is 41.4. The van der Waals surface area contributed by atoms with Crippen molar-refractivity contribution < 1.29 is 27.5 Å². The lowest BCUT2D eigenvalue weighted by Gasteiger charge is -2.05. The van der Waals surface area contributed by atoms with Crippen LogP contribution < -0.4 is 4.89 Å². The van der Waals surface area contributed by atoms with Crippen molar-refractivity contribution in [2.24, 2.45) is 5.16 Å². The summed E-state index contributed by atoms with van der Waals surface area (Å²) in [4.78, 5) is 6.33. The summed E-state index contributed by atoms with van der Waals surface area (Å²) in [5, 5.41) is 20.1. The molecule has 27 heavy (non-hydrogen) atoms. The van der Waals surface area contributed by atoms with Crippen LogP contribution in [0.5, 0.6) is 0 Å². The second-order valence-corrected chi connectivity index (χ2v) is 8.25. The number of oxime groups is 1. The van der Waals surface area contributed by atoms with E-state index >= 15 is 0 Å². The summed E-state index contributed by atoms with van der Waals surface area (Å²) in [7, 11) is -2.26. The van der Waals surface area contributed by atoms with E-state index in [9.17, 15) is 18.0 Å². The Labute approximate surface area is 163 Å². The predicted octanol–water partition coefficient (Wildman–Crippen LogP) is 2.20. The molecule has 0 atom stereocenters. The number of aryl methyl sites for hydroxylation is 1. The molecule has 1 aromatic carbocycles. The van der Waals surface area contributed by atoms with Crippen LogP contribution in [0.4, 0.5) is 4.39 Å². The molecule has 0 saturated heterocycles. The summed E-state index contributed by atoms with van der Waals surface area (Å²) >= 11 is 3.10. The summed E-state index contributed by atoms with van der Waals surface area (Å²) in [6.07, 6.45) is 1.42. The van der Waals surface area contributed by atoms with Crippen LogP contribution in [-0.4, -0.2) is 42.5 Å². The van der Waals surface area contributed by atoms with E-state index in [1.54, 1.807) is 12.1 Å². The van der Waals surface area contributed by atoms with Crippen molar-refractivity contribution >= 4 is 31.7 Å². The Balaban J connectivity index is 2.00. The summed E-state index contributed by atoms with van der Waals surface area (Å²) in [5.74, 6) is -0.505. The van der Waals surface area contributed by atoms with Gasteiger partial charge < -0.3 is 5.21 Å². The first kappa shape index (κ1) is 21.4. The predicted molar refractivity (Wildman–Crippen MR) is 97.3 cm³/mol. The number of rotatable bonds is 10. The second kappa shape index (κ2) is 9.88. The number of halogens is 2. The van der Waals surface area contributed by atoms with Gasteiger partial charge in [-0.25, -0.2) is 17.4 Å². The molecule has 1 heterocycles. The van der Waals surface area contributed by atoms with Gasteiger partial charge in [-0.05, 0) is 58.0 Å². The minimum atomic E-state index is -3.48. The van der Waals surface area contributed by atoms with Gasteiger partial charge in [0.05, 0.1) is 17.3 Å². The van der Waals surface area contributed by atoms with Crippen LogP contribution in [0.3, 0.4) is 0 Å². The Morgan fingerprint density at radius 3 is 2.85 bits per heavy atom. The van der Waals surface area contributed by atoms with Crippen molar-refractivity contribution in [1.82, 2.24) is 15.2 Å². The van der Waals surface area contributed by atoms with E-state index in [2.05, 4.69) is 36.2 Å². The van der Waals surface area contributed by atoms with Gasteiger partial charge in [-0.3, -0.25) is 4.84 Å². The Bertz CT molecular complexity index is 903. The largest absolute Gasteiger partial charge is 0.411 e. The van der Waals surface area contributed by atoms with Gasteiger partial charge in [-0.2, -0.15) is 0 Å². The monoisotopic (exact) mass is 464 g/mol. The molecule has 0 aliphatic heterocycles. The van der Waals surface area contributed by atoms with Crippen LogP contribution in [0.15, 0.2) is 32.5 Å². The minimum Gasteiger partial charge on any atom is -0.411 e. The number of nitrogens with zero attached hydrogens (tertiary/aromatic N) is 3. The zero-order valence-electron chi connectivity index (χ0n) is 14.4. The van der Waals surface area contributed by atoms with Crippen LogP contribution in [0.2, 0.25) is 0 Å². The summed E-state index contributed by atoms with van der Waals surface area (Å²) in [5.41, 5.74) is 1.62. The van der Waals surface area contributed by atoms with Crippen molar-refractivity contribution in [3.05, 3.63) is 45.4 Å². The lowest BCUT2D eigenvalue weighted by atomic mass is 10.0. The molecule has 0 fully saturated rings. The Kier molecular flexibility index (Phi) is 7.83. The van der Waals surface area contributed by atoms with Crippen LogP contribution in [0.25, 0.3) is 0 Å². The first-order valence-electron chi connectivity index (χ1n) is 7.85. The zero-order valence-corrected chi connectivity index (χ0v) is 16.8. The molecule has 12 heteroatoms. The highest BCUT2D eigenvalue weighted by molar-refractivity contribution is 9.10. The Morgan fingerprint density at radius 1 is 1.41 bits per heavy atom. The van der Waals surface area contributed by atoms with Gasteiger partial charge in [0.15, 0.2) is 5.69 Å². The second-order valence-electron chi connectivity index (χ2n) is 5.59. The first-order valence-corrected chi connectivity index (χ1v) is 10.3. The molecule has 0 bridgehead atoms. The molecule has 2 aromatic rings. The fourth-order valence-corrected chi connectivity index (χ4v) is 3.70. The van der Waals surface area contributed by atoms with Gasteiger partial charge in [-0.15, -0.1) is 0 Å². The zero-order chi connectivity index (χ0) is 19.9. The van der Waals surface area contributed by atoms with Crippen molar-refractivity contribution in [1.29, 1.82) is 0 Å². The van der Waals surface area contributed by atoms with Gasteiger partial charge in [0.25, 0.3) is 0 Å². The third-order valence-electron chi connectivity index (χ3n) is 3.59. The lowest BCUT2D eigenvalue weighted by Crippen LogP contribution is -2.25. The molecule has 0 aliphatic carbocycles. The van der Waals surface area contributed by atoms with Crippen LogP contribution >= 0.6 is 15.9 Å². The minimum absolute atomic E-state index is 0.105. The van der Waals surface area contributed by atoms with Crippen molar-refractivity contribution in [3.8, 4) is 0 Å². The maximum Gasteiger partial charge on any atom is 0.233 e. The molecule has 9 nitrogen and oxygen atoms in total. The van der Waals surface area contributed by atoms with E-state index in [-0.39, 0.29) is 23.6 Å². The molecule has 2 N–H and O–H groups in total. The average molecular weight is 465 g/mol. The maximum absolute atomic E-state index is 13.3. The van der Waals surface area contributed by atoms with Crippen LogP contribution in [0, 0.1) is 5.82 Å². The van der Waals surface area contributed by atoms with Crippen molar-refractivity contribution in [3.63, 3.8) is 0 Å². The molecule has 0 spiro atoms. The highest BCUT2D eigenvalue weighted by Gasteiger charge is 2.18. The number of nitrogens with one attached hydrogen (secondary N) is 1. The summed E-state index contributed by atoms with van der Waals surface area (Å²) in [6.45, 7) is 0. The first-order chi connectivity index (χ1) is 12.9. The summed E-state index contributed by atoms with van der Waals surface area (Å²) in [6, 6.07) is 4.43. The molecule has 1 aromatic heterocycles. The fraction of sp³-hybridized carbons (Fsp3) is 0.400. The normalized spacial score (nSPS) is 12.5. The molecule has 0 saturated carbocycles. The van der Waals surface area contributed by atoms with E-state index in [0.29, 0.717) is 35.0 Å². The Hall–Kier alpha value is -1.89. The molecule has 148 valence electrons. The smallest absolute Gasteiger partial charge is 0.233 e. The van der Waals surface area contributed by atoms with Gasteiger partial charge in [0.1, 0.15) is 17.2 Å². The molecule has 0 radical (unpaired) electrons. The van der Waals surface area contributed by atoms with Crippen LogP contribution in [0.1, 0.15) is 29.8 Å². The van der Waals surface area contributed by atoms with E-state index in [1.165, 1.54) is 13.2 Å². The van der Waals surface area contributed by atoms with Gasteiger partial charge in [0, 0.05) is 6.42 Å². The van der Waals surface area contributed by atoms with Gasteiger partial charge in [-0.1, -0.05) is 21.3 Å². The maximum atomic E-state index is 13.3. The molecule has 0 amide bonds. The standard InChI is InChI=1S/C15H18BrFN4O5S/c1-25-21-27(23,24)7-3-2-4-13-15(20-26-19-13)14(18-22)9-10-5-6-12(17)11(16)8-10/h5-6,8,21-22H,2-4,7,9H2,1H3/b18-14+. The third-order valence-corrected chi connectivity index (χ3v) is 5.45. The third kappa shape index (κ3) is 6.34. The molecular weight excluding hydrogens is 447 g/mol. The number of sulfonamides is 1. The fourth-order valence-electron chi connectivity index (χ4n) is 2.35. The number of unbranched alkanes of at least 4 members (excludes halogenated alkanes) is 1. The molecular formula is C15H18BrFN4O5S. The van der Waals surface area contributed by atoms with E-state index in [1.807, 2.05) is 4.89 Å². The number of hydrogen-bond donors (Lipinski definition) is 2. The van der Waals surface area contributed by atoms with E-state index in [0.717, 1.165) is 0 Å². The van der Waals surface area contributed by atoms with E-state index < -0.39 is 15.8 Å². The highest BCUT2D eigenvalue weighted by Crippen LogP contribution is 2.19. The average Bonchev–Trinajstić information content (AvgIpc) is 3.08.